The highest BCUT2D eigenvalue weighted by Gasteiger charge is 2.51. The van der Waals surface area contributed by atoms with Gasteiger partial charge in [-0.05, 0) is 19.1 Å². The van der Waals surface area contributed by atoms with E-state index in [2.05, 4.69) is 20.3 Å². The number of aliphatic hydroxyl groups is 1. The van der Waals surface area contributed by atoms with Gasteiger partial charge in [0.25, 0.3) is 5.92 Å². The summed E-state index contributed by atoms with van der Waals surface area (Å²) in [6.45, 7) is 1.21. The van der Waals surface area contributed by atoms with Crippen LogP contribution in [0.4, 0.5) is 22.0 Å². The predicted molar refractivity (Wildman–Crippen MR) is 92.9 cm³/mol. The van der Waals surface area contributed by atoms with Crippen molar-refractivity contribution in [1.82, 2.24) is 25.0 Å². The number of hydrogen-bond acceptors (Lipinski definition) is 6. The topological polar surface area (TPSA) is 86.0 Å². The molecular formula is C18H16F5N5O2. The summed E-state index contributed by atoms with van der Waals surface area (Å²) < 4.78 is 72.0. The van der Waals surface area contributed by atoms with E-state index in [9.17, 15) is 27.1 Å². The van der Waals surface area contributed by atoms with Crippen molar-refractivity contribution in [2.75, 3.05) is 0 Å². The number of nitrogens with zero attached hydrogens (tertiary/aromatic N) is 5. The second-order valence-electron chi connectivity index (χ2n) is 6.71. The summed E-state index contributed by atoms with van der Waals surface area (Å²) in [6, 6.07) is 5.36. The minimum atomic E-state index is -4.89. The molecule has 2 heterocycles. The van der Waals surface area contributed by atoms with Crippen LogP contribution >= 0.6 is 0 Å². The molecule has 0 bridgehead atoms. The van der Waals surface area contributed by atoms with Gasteiger partial charge in [-0.25, -0.2) is 23.4 Å². The van der Waals surface area contributed by atoms with E-state index in [1.807, 2.05) is 0 Å². The van der Waals surface area contributed by atoms with Crippen molar-refractivity contribution in [3.63, 3.8) is 0 Å². The predicted octanol–water partition coefficient (Wildman–Crippen LogP) is 3.52. The maximum atomic E-state index is 13.5. The summed E-state index contributed by atoms with van der Waals surface area (Å²) in [5, 5.41) is 17.3. The lowest BCUT2D eigenvalue weighted by atomic mass is 9.99. The summed E-state index contributed by atoms with van der Waals surface area (Å²) in [7, 11) is 0. The van der Waals surface area contributed by atoms with Gasteiger partial charge in [0.05, 0.1) is 11.9 Å². The van der Waals surface area contributed by atoms with Gasteiger partial charge in [-0.15, -0.1) is 5.10 Å². The van der Waals surface area contributed by atoms with Crippen LogP contribution in [0.2, 0.25) is 0 Å². The number of hydrogen-bond donors (Lipinski definition) is 1. The number of halogens is 5. The third-order valence-corrected chi connectivity index (χ3v) is 4.25. The van der Waals surface area contributed by atoms with Gasteiger partial charge < -0.3 is 9.84 Å². The summed E-state index contributed by atoms with van der Waals surface area (Å²) >= 11 is 0. The van der Waals surface area contributed by atoms with Gasteiger partial charge >= 0.3 is 12.2 Å². The average molecular weight is 429 g/mol. The molecule has 0 saturated heterocycles. The zero-order valence-electron chi connectivity index (χ0n) is 15.7. The first-order chi connectivity index (χ1) is 13.9. The fraction of sp³-hybridized carbons (Fsp3) is 0.333. The molecule has 7 nitrogen and oxygen atoms in total. The Labute approximate surface area is 167 Å². The lowest BCUT2D eigenvalue weighted by Crippen LogP contribution is -2.39. The first-order valence-corrected chi connectivity index (χ1v) is 8.52. The molecule has 2 aromatic heterocycles. The molecule has 0 amide bonds. The largest absolute Gasteiger partial charge is 0.457 e. The highest BCUT2D eigenvalue weighted by Crippen LogP contribution is 2.38. The molecule has 0 aliphatic carbocycles. The molecule has 30 heavy (non-hydrogen) atoms. The van der Waals surface area contributed by atoms with Crippen LogP contribution in [0.25, 0.3) is 5.69 Å². The lowest BCUT2D eigenvalue weighted by molar-refractivity contribution is -0.259. The van der Waals surface area contributed by atoms with Crippen LogP contribution in [0.5, 0.6) is 6.01 Å². The lowest BCUT2D eigenvalue weighted by Gasteiger charge is -2.25. The van der Waals surface area contributed by atoms with Gasteiger partial charge in [-0.2, -0.15) is 13.2 Å². The molecule has 0 spiro atoms. The molecule has 3 aromatic rings. The molecule has 0 aliphatic rings. The molecule has 0 fully saturated rings. The second-order valence-corrected chi connectivity index (χ2v) is 6.71. The Hall–Kier alpha value is -3.15. The molecule has 12 heteroatoms. The molecule has 0 aliphatic heterocycles. The summed E-state index contributed by atoms with van der Waals surface area (Å²) in [4.78, 5) is 7.29. The summed E-state index contributed by atoms with van der Waals surface area (Å²) in [5.74, 6) is -3.01. The van der Waals surface area contributed by atoms with Gasteiger partial charge in [0, 0.05) is 30.4 Å². The van der Waals surface area contributed by atoms with Crippen molar-refractivity contribution >= 4 is 0 Å². The third kappa shape index (κ3) is 4.53. The fourth-order valence-electron chi connectivity index (χ4n) is 2.36. The van der Waals surface area contributed by atoms with Crippen molar-refractivity contribution < 1.29 is 31.8 Å². The smallest absolute Gasteiger partial charge is 0.421 e. The quantitative estimate of drug-likeness (QED) is 0.604. The Morgan fingerprint density at radius 2 is 1.70 bits per heavy atom. The van der Waals surface area contributed by atoms with Crippen LogP contribution in [0.1, 0.15) is 30.7 Å². The van der Waals surface area contributed by atoms with Crippen LogP contribution < -0.4 is 4.74 Å². The number of aromatic nitrogens is 5. The summed E-state index contributed by atoms with van der Waals surface area (Å²) in [6.07, 6.45) is -1.84. The van der Waals surface area contributed by atoms with Gasteiger partial charge in [0.2, 0.25) is 0 Å². The molecule has 3 rings (SSSR count). The van der Waals surface area contributed by atoms with E-state index >= 15 is 0 Å². The maximum absolute atomic E-state index is 13.5. The van der Waals surface area contributed by atoms with Crippen molar-refractivity contribution in [2.24, 2.45) is 0 Å². The van der Waals surface area contributed by atoms with Gasteiger partial charge in [0.15, 0.2) is 5.60 Å². The summed E-state index contributed by atoms with van der Waals surface area (Å²) in [5.41, 5.74) is -3.16. The highest BCUT2D eigenvalue weighted by molar-refractivity contribution is 5.36. The van der Waals surface area contributed by atoms with E-state index in [1.54, 1.807) is 6.07 Å². The standard InChI is InChI=1S/C18H16F5N5O2/c1-16(29,18(21,22)23)12-7-24-15(25-8-12)30-10-13-9-28(27-26-13)14-5-3-4-11(6-14)17(2,19)20/h3-9,29H,10H2,1-2H3. The zero-order valence-corrected chi connectivity index (χ0v) is 15.7. The third-order valence-electron chi connectivity index (χ3n) is 4.25. The molecular weight excluding hydrogens is 413 g/mol. The molecule has 0 saturated carbocycles. The highest BCUT2D eigenvalue weighted by atomic mass is 19.4. The van der Waals surface area contributed by atoms with Crippen LogP contribution in [-0.2, 0) is 18.1 Å². The normalized spacial score (nSPS) is 14.4. The van der Waals surface area contributed by atoms with Crippen molar-refractivity contribution in [3.8, 4) is 11.7 Å². The van der Waals surface area contributed by atoms with Gasteiger partial charge in [-0.1, -0.05) is 17.3 Å². The second kappa shape index (κ2) is 7.59. The van der Waals surface area contributed by atoms with E-state index in [0.29, 0.717) is 18.3 Å². The maximum Gasteiger partial charge on any atom is 0.421 e. The minimum absolute atomic E-state index is 0.168. The van der Waals surface area contributed by atoms with Gasteiger partial charge in [0.1, 0.15) is 12.3 Å². The van der Waals surface area contributed by atoms with Crippen molar-refractivity contribution in [1.29, 1.82) is 0 Å². The first-order valence-electron chi connectivity index (χ1n) is 8.52. The van der Waals surface area contributed by atoms with E-state index in [4.69, 9.17) is 4.74 Å². The Morgan fingerprint density at radius 1 is 1.03 bits per heavy atom. The Balaban J connectivity index is 1.68. The van der Waals surface area contributed by atoms with Crippen LogP contribution in [0.3, 0.4) is 0 Å². The number of rotatable bonds is 6. The SMILES string of the molecule is CC(F)(F)c1cccc(-n2cc(COc3ncc(C(C)(O)C(F)(F)F)cn3)nn2)c1. The van der Waals surface area contributed by atoms with Crippen molar-refractivity contribution in [2.45, 2.75) is 38.2 Å². The molecule has 160 valence electrons. The molecule has 1 aromatic carbocycles. The van der Waals surface area contributed by atoms with Gasteiger partial charge in [-0.3, -0.25) is 0 Å². The molecule has 1 atom stereocenters. The van der Waals surface area contributed by atoms with Crippen LogP contribution in [0.15, 0.2) is 42.9 Å². The van der Waals surface area contributed by atoms with Crippen LogP contribution in [0, 0.1) is 0 Å². The first kappa shape index (κ1) is 21.6. The monoisotopic (exact) mass is 429 g/mol. The molecule has 1 N–H and O–H groups in total. The van der Waals surface area contributed by atoms with E-state index in [1.165, 1.54) is 29.1 Å². The molecule has 0 radical (unpaired) electrons. The number of ether oxygens (including phenoxy) is 1. The number of alkyl halides is 5. The Bertz CT molecular complexity index is 1010. The van der Waals surface area contributed by atoms with Crippen molar-refractivity contribution in [3.05, 3.63) is 59.7 Å². The minimum Gasteiger partial charge on any atom is -0.457 e. The van der Waals surface area contributed by atoms with Crippen LogP contribution in [-0.4, -0.2) is 36.2 Å². The Morgan fingerprint density at radius 3 is 2.30 bits per heavy atom. The van der Waals surface area contributed by atoms with E-state index in [0.717, 1.165) is 19.3 Å². The van der Waals surface area contributed by atoms with E-state index in [-0.39, 0.29) is 18.2 Å². The Kier molecular flexibility index (Phi) is 5.46. The zero-order chi connectivity index (χ0) is 22.2. The number of benzene rings is 1. The fourth-order valence-corrected chi connectivity index (χ4v) is 2.36. The van der Waals surface area contributed by atoms with E-state index < -0.39 is 23.3 Å². The molecule has 1 unspecified atom stereocenters. The average Bonchev–Trinajstić information content (AvgIpc) is 3.14.